The van der Waals surface area contributed by atoms with Crippen LogP contribution in [-0.4, -0.2) is 48.0 Å². The Balaban J connectivity index is 1.62. The van der Waals surface area contributed by atoms with E-state index in [1.54, 1.807) is 0 Å². The van der Waals surface area contributed by atoms with E-state index in [1.807, 2.05) is 36.1 Å². The van der Waals surface area contributed by atoms with Crippen LogP contribution in [0.4, 0.5) is 5.69 Å². The molecule has 0 bridgehead atoms. The highest BCUT2D eigenvalue weighted by Gasteiger charge is 2.33. The van der Waals surface area contributed by atoms with Crippen molar-refractivity contribution in [1.82, 2.24) is 9.88 Å². The number of allylic oxidation sites excluding steroid dienone is 1. The summed E-state index contributed by atoms with van der Waals surface area (Å²) in [5, 5.41) is 2.97. The van der Waals surface area contributed by atoms with Crippen molar-refractivity contribution in [3.8, 4) is 0 Å². The number of morpholine rings is 1. The van der Waals surface area contributed by atoms with Crippen molar-refractivity contribution in [2.45, 2.75) is 26.2 Å². The third kappa shape index (κ3) is 2.59. The van der Waals surface area contributed by atoms with E-state index in [2.05, 4.69) is 10.3 Å². The second kappa shape index (κ2) is 6.63. The Morgan fingerprint density at radius 3 is 2.75 bits per heavy atom. The summed E-state index contributed by atoms with van der Waals surface area (Å²) < 4.78 is 5.39. The van der Waals surface area contributed by atoms with Gasteiger partial charge in [-0.2, -0.15) is 0 Å². The number of nitrogens with zero attached hydrogens (tertiary/aromatic N) is 1. The number of para-hydroxylation sites is 1. The molecule has 1 aromatic carbocycles. The molecule has 5 rings (SSSR count). The van der Waals surface area contributed by atoms with E-state index >= 15 is 0 Å². The summed E-state index contributed by atoms with van der Waals surface area (Å²) in [6.07, 6.45) is 2.61. The number of benzene rings is 1. The van der Waals surface area contributed by atoms with E-state index in [4.69, 9.17) is 4.74 Å². The van der Waals surface area contributed by atoms with Crippen LogP contribution in [0.3, 0.4) is 0 Å². The number of H-pyrrole nitrogens is 1. The fourth-order valence-corrected chi connectivity index (χ4v) is 4.63. The number of carbonyl (C=O) groups excluding carboxylic acids is 2. The van der Waals surface area contributed by atoms with Crippen LogP contribution >= 0.6 is 0 Å². The number of aromatic amines is 1. The van der Waals surface area contributed by atoms with Crippen LogP contribution in [0, 0.1) is 6.92 Å². The van der Waals surface area contributed by atoms with E-state index < -0.39 is 0 Å². The molecule has 1 aliphatic carbocycles. The van der Waals surface area contributed by atoms with Crippen molar-refractivity contribution in [3.63, 3.8) is 0 Å². The van der Waals surface area contributed by atoms with Crippen molar-refractivity contribution in [2.75, 3.05) is 31.6 Å². The molecule has 0 unspecified atom stereocenters. The van der Waals surface area contributed by atoms with Crippen LogP contribution in [-0.2, 0) is 16.0 Å². The van der Waals surface area contributed by atoms with Crippen LogP contribution in [0.2, 0.25) is 0 Å². The van der Waals surface area contributed by atoms with E-state index in [9.17, 15) is 9.59 Å². The number of ether oxygens (including phenoxy) is 1. The zero-order valence-electron chi connectivity index (χ0n) is 15.9. The van der Waals surface area contributed by atoms with Gasteiger partial charge in [0.05, 0.1) is 24.4 Å². The summed E-state index contributed by atoms with van der Waals surface area (Å²) in [7, 11) is 0. The predicted octanol–water partition coefficient (Wildman–Crippen LogP) is 2.99. The van der Waals surface area contributed by atoms with Gasteiger partial charge >= 0.3 is 0 Å². The molecule has 6 heteroatoms. The largest absolute Gasteiger partial charge is 0.378 e. The molecule has 0 radical (unpaired) electrons. The number of rotatable bonds is 1. The quantitative estimate of drug-likeness (QED) is 0.751. The summed E-state index contributed by atoms with van der Waals surface area (Å²) in [5.41, 5.74) is 7.24. The Hall–Kier alpha value is -2.86. The van der Waals surface area contributed by atoms with Crippen LogP contribution in [0.1, 0.15) is 45.7 Å². The number of aromatic nitrogens is 1. The number of anilines is 1. The molecular formula is C22H23N3O3. The maximum Gasteiger partial charge on any atom is 0.256 e. The molecule has 0 spiro atoms. The maximum atomic E-state index is 13.2. The number of hydrogen-bond donors (Lipinski definition) is 2. The second-order valence-electron chi connectivity index (χ2n) is 7.59. The first-order valence-corrected chi connectivity index (χ1v) is 9.88. The van der Waals surface area contributed by atoms with Gasteiger partial charge in [0, 0.05) is 35.7 Å². The van der Waals surface area contributed by atoms with Crippen molar-refractivity contribution in [2.24, 2.45) is 0 Å². The smallest absolute Gasteiger partial charge is 0.256 e. The lowest BCUT2D eigenvalue weighted by atomic mass is 9.86. The van der Waals surface area contributed by atoms with Crippen LogP contribution < -0.4 is 5.32 Å². The summed E-state index contributed by atoms with van der Waals surface area (Å²) in [6.45, 7) is 4.38. The maximum absolute atomic E-state index is 13.2. The van der Waals surface area contributed by atoms with Gasteiger partial charge in [-0.1, -0.05) is 18.2 Å². The highest BCUT2D eigenvalue weighted by Crippen LogP contribution is 2.43. The molecule has 1 aromatic heterocycles. The average Bonchev–Trinajstić information content (AvgIpc) is 3.23. The molecular weight excluding hydrogens is 354 g/mol. The third-order valence-electron chi connectivity index (χ3n) is 5.93. The monoisotopic (exact) mass is 377 g/mol. The van der Waals surface area contributed by atoms with Gasteiger partial charge in [0.1, 0.15) is 0 Å². The number of aryl methyl sites for hydroxylation is 1. The Kier molecular flexibility index (Phi) is 4.09. The zero-order chi connectivity index (χ0) is 19.3. The van der Waals surface area contributed by atoms with Crippen molar-refractivity contribution in [3.05, 3.63) is 52.3 Å². The summed E-state index contributed by atoms with van der Waals surface area (Å²) in [4.78, 5) is 31.3. The number of carbonyl (C=O) groups is 2. The topological polar surface area (TPSA) is 74.4 Å². The second-order valence-corrected chi connectivity index (χ2v) is 7.59. The lowest BCUT2D eigenvalue weighted by molar-refractivity contribution is -0.110. The minimum Gasteiger partial charge on any atom is -0.378 e. The first kappa shape index (κ1) is 17.3. The van der Waals surface area contributed by atoms with Gasteiger partial charge in [-0.3, -0.25) is 9.59 Å². The Morgan fingerprint density at radius 1 is 1.14 bits per heavy atom. The van der Waals surface area contributed by atoms with Gasteiger partial charge < -0.3 is 19.9 Å². The molecule has 1 fully saturated rings. The molecule has 2 N–H and O–H groups in total. The Bertz CT molecular complexity index is 1010. The third-order valence-corrected chi connectivity index (χ3v) is 5.93. The standard InChI is InChI=1S/C22H23N3O3/c1-13-18(22(27)25-9-11-28-12-10-25)15-6-4-7-16(20(15)23-13)19-14-5-2-3-8-17(14)24-21(19)26/h2-3,5,8,23H,4,6-7,9-12H2,1H3,(H,24,26)/b19-16-. The Labute approximate surface area is 163 Å². The molecule has 2 aromatic rings. The Morgan fingerprint density at radius 2 is 1.93 bits per heavy atom. The van der Waals surface area contributed by atoms with Gasteiger partial charge in [0.15, 0.2) is 0 Å². The van der Waals surface area contributed by atoms with Crippen LogP contribution in [0.25, 0.3) is 11.1 Å². The number of amides is 2. The van der Waals surface area contributed by atoms with Gasteiger partial charge in [-0.25, -0.2) is 0 Å². The molecule has 0 saturated carbocycles. The molecule has 2 amide bonds. The zero-order valence-corrected chi connectivity index (χ0v) is 15.9. The highest BCUT2D eigenvalue weighted by atomic mass is 16.5. The fourth-order valence-electron chi connectivity index (χ4n) is 4.63. The molecule has 6 nitrogen and oxygen atoms in total. The van der Waals surface area contributed by atoms with Gasteiger partial charge in [-0.05, 0) is 43.4 Å². The lowest BCUT2D eigenvalue weighted by Gasteiger charge is -2.27. The molecule has 144 valence electrons. The van der Waals surface area contributed by atoms with Gasteiger partial charge in [-0.15, -0.1) is 0 Å². The molecule has 3 aliphatic rings. The summed E-state index contributed by atoms with van der Waals surface area (Å²) >= 11 is 0. The molecule has 3 heterocycles. The SMILES string of the molecule is Cc1[nH]c2c(c1C(=O)N1CCOCC1)CCC/C2=C1/C(=O)Nc2ccccc21. The first-order chi connectivity index (χ1) is 13.6. The van der Waals surface area contributed by atoms with Gasteiger partial charge in [0.25, 0.3) is 11.8 Å². The minimum absolute atomic E-state index is 0.0580. The minimum atomic E-state index is -0.0580. The van der Waals surface area contributed by atoms with Crippen molar-refractivity contribution >= 4 is 28.6 Å². The summed E-state index contributed by atoms with van der Waals surface area (Å²) in [6, 6.07) is 7.80. The lowest BCUT2D eigenvalue weighted by Crippen LogP contribution is -2.41. The first-order valence-electron chi connectivity index (χ1n) is 9.88. The summed E-state index contributed by atoms with van der Waals surface area (Å²) in [5.74, 6) is 0.0122. The number of nitrogens with one attached hydrogen (secondary N) is 2. The molecule has 28 heavy (non-hydrogen) atoms. The van der Waals surface area contributed by atoms with E-state index in [1.165, 1.54) is 0 Å². The normalized spacial score (nSPS) is 21.3. The van der Waals surface area contributed by atoms with Crippen molar-refractivity contribution in [1.29, 1.82) is 0 Å². The average molecular weight is 377 g/mol. The van der Waals surface area contributed by atoms with E-state index in [-0.39, 0.29) is 11.8 Å². The van der Waals surface area contributed by atoms with E-state index in [0.717, 1.165) is 64.2 Å². The van der Waals surface area contributed by atoms with Crippen molar-refractivity contribution < 1.29 is 14.3 Å². The highest BCUT2D eigenvalue weighted by molar-refractivity contribution is 6.36. The molecule has 2 aliphatic heterocycles. The van der Waals surface area contributed by atoms with Gasteiger partial charge in [0.2, 0.25) is 0 Å². The predicted molar refractivity (Wildman–Crippen MR) is 107 cm³/mol. The van der Waals surface area contributed by atoms with E-state index in [0.29, 0.717) is 26.3 Å². The number of hydrogen-bond acceptors (Lipinski definition) is 3. The van der Waals surface area contributed by atoms with Crippen LogP contribution in [0.15, 0.2) is 24.3 Å². The fraction of sp³-hybridized carbons (Fsp3) is 0.364. The van der Waals surface area contributed by atoms with Crippen LogP contribution in [0.5, 0.6) is 0 Å². The molecule has 0 atom stereocenters. The molecule has 1 saturated heterocycles. The number of fused-ring (bicyclic) bond motifs is 2.